The van der Waals surface area contributed by atoms with Crippen molar-refractivity contribution in [2.75, 3.05) is 11.9 Å². The minimum atomic E-state index is -0.601. The summed E-state index contributed by atoms with van der Waals surface area (Å²) >= 11 is 0. The van der Waals surface area contributed by atoms with E-state index in [2.05, 4.69) is 20.6 Å². The molecule has 0 spiro atoms. The summed E-state index contributed by atoms with van der Waals surface area (Å²) in [7, 11) is 0. The van der Waals surface area contributed by atoms with Crippen LogP contribution in [0.5, 0.6) is 0 Å². The van der Waals surface area contributed by atoms with Crippen LogP contribution in [0.2, 0.25) is 0 Å². The average molecular weight is 432 g/mol. The Kier molecular flexibility index (Phi) is 6.94. The highest BCUT2D eigenvalue weighted by atomic mass is 16.6. The van der Waals surface area contributed by atoms with Gasteiger partial charge in [-0.1, -0.05) is 24.3 Å². The number of nitrogens with zero attached hydrogens (tertiary/aromatic N) is 2. The van der Waals surface area contributed by atoms with E-state index in [1.165, 1.54) is 0 Å². The van der Waals surface area contributed by atoms with Crippen molar-refractivity contribution in [2.24, 2.45) is 0 Å². The van der Waals surface area contributed by atoms with Crippen LogP contribution in [0.15, 0.2) is 60.9 Å². The number of nitrogens with one attached hydrogen (secondary N) is 2. The number of amides is 1. The summed E-state index contributed by atoms with van der Waals surface area (Å²) in [5.74, 6) is -0.461. The van der Waals surface area contributed by atoms with Crippen molar-refractivity contribution in [3.8, 4) is 11.1 Å². The molecule has 8 nitrogen and oxygen atoms in total. The number of anilines is 2. The summed E-state index contributed by atoms with van der Waals surface area (Å²) in [4.78, 5) is 43.5. The summed E-state index contributed by atoms with van der Waals surface area (Å²) < 4.78 is 5.17. The fraction of sp³-hybridized carbons (Fsp3) is 0.208. The monoisotopic (exact) mass is 432 g/mol. The third-order valence-corrected chi connectivity index (χ3v) is 4.22. The topological polar surface area (TPSA) is 110 Å². The average Bonchev–Trinajstić information content (AvgIpc) is 2.77. The SMILES string of the molecule is CC(C)(C)OC(=O)CNC(=O)c1ccc(-c2cnc(Nc3cccc(C=O)c3)nc2)cc1. The lowest BCUT2D eigenvalue weighted by molar-refractivity contribution is -0.153. The Morgan fingerprint density at radius 1 is 1.00 bits per heavy atom. The molecular weight excluding hydrogens is 408 g/mol. The highest BCUT2D eigenvalue weighted by Crippen LogP contribution is 2.20. The number of hydrogen-bond donors (Lipinski definition) is 2. The molecule has 2 aromatic carbocycles. The van der Waals surface area contributed by atoms with Crippen LogP contribution in [0.3, 0.4) is 0 Å². The summed E-state index contributed by atoms with van der Waals surface area (Å²) in [5.41, 5.74) is 2.70. The minimum absolute atomic E-state index is 0.198. The van der Waals surface area contributed by atoms with E-state index in [9.17, 15) is 14.4 Å². The zero-order chi connectivity index (χ0) is 23.1. The van der Waals surface area contributed by atoms with E-state index in [1.54, 1.807) is 75.6 Å². The van der Waals surface area contributed by atoms with Gasteiger partial charge in [-0.3, -0.25) is 14.4 Å². The molecule has 0 saturated heterocycles. The van der Waals surface area contributed by atoms with E-state index in [4.69, 9.17) is 4.74 Å². The van der Waals surface area contributed by atoms with Crippen molar-refractivity contribution in [3.63, 3.8) is 0 Å². The molecule has 3 aromatic rings. The molecule has 0 unspecified atom stereocenters. The summed E-state index contributed by atoms with van der Waals surface area (Å²) in [6.07, 6.45) is 4.10. The van der Waals surface area contributed by atoms with E-state index >= 15 is 0 Å². The molecule has 2 N–H and O–H groups in total. The summed E-state index contributed by atoms with van der Waals surface area (Å²) in [6, 6.07) is 13.9. The molecular formula is C24H24N4O4. The Morgan fingerprint density at radius 3 is 2.31 bits per heavy atom. The minimum Gasteiger partial charge on any atom is -0.459 e. The van der Waals surface area contributed by atoms with Crippen LogP contribution in [0.25, 0.3) is 11.1 Å². The van der Waals surface area contributed by atoms with Crippen molar-refractivity contribution >= 4 is 29.8 Å². The number of esters is 1. The maximum atomic E-state index is 12.3. The van der Waals surface area contributed by atoms with E-state index in [-0.39, 0.29) is 12.5 Å². The van der Waals surface area contributed by atoms with Gasteiger partial charge in [-0.15, -0.1) is 0 Å². The summed E-state index contributed by atoms with van der Waals surface area (Å²) in [6.45, 7) is 5.10. The van der Waals surface area contributed by atoms with Gasteiger partial charge in [0.15, 0.2) is 0 Å². The van der Waals surface area contributed by atoms with E-state index < -0.39 is 11.6 Å². The number of rotatable bonds is 7. The molecule has 1 amide bonds. The van der Waals surface area contributed by atoms with Gasteiger partial charge < -0.3 is 15.4 Å². The van der Waals surface area contributed by atoms with Gasteiger partial charge in [-0.2, -0.15) is 0 Å². The standard InChI is InChI=1S/C24H24N4O4/c1-24(2,3)32-21(30)14-25-22(31)18-9-7-17(8-10-18)19-12-26-23(27-13-19)28-20-6-4-5-16(11-20)15-29/h4-13,15H,14H2,1-3H3,(H,25,31)(H,26,27,28). The third kappa shape index (κ3) is 6.46. The van der Waals surface area contributed by atoms with Gasteiger partial charge in [-0.25, -0.2) is 9.97 Å². The van der Waals surface area contributed by atoms with Crippen LogP contribution in [0, 0.1) is 0 Å². The molecule has 0 fully saturated rings. The van der Waals surface area contributed by atoms with Crippen molar-refractivity contribution in [3.05, 3.63) is 72.1 Å². The van der Waals surface area contributed by atoms with Gasteiger partial charge in [0.1, 0.15) is 18.4 Å². The van der Waals surface area contributed by atoms with Gasteiger partial charge in [0.2, 0.25) is 5.95 Å². The van der Waals surface area contributed by atoms with Crippen molar-refractivity contribution < 1.29 is 19.1 Å². The first-order valence-corrected chi connectivity index (χ1v) is 9.98. The second-order valence-electron chi connectivity index (χ2n) is 8.01. The Morgan fingerprint density at radius 2 is 1.69 bits per heavy atom. The molecule has 0 saturated carbocycles. The van der Waals surface area contributed by atoms with Gasteiger partial charge in [-0.05, 0) is 50.6 Å². The van der Waals surface area contributed by atoms with E-state index in [1.807, 2.05) is 6.07 Å². The third-order valence-electron chi connectivity index (χ3n) is 4.22. The zero-order valence-corrected chi connectivity index (χ0v) is 18.1. The quantitative estimate of drug-likeness (QED) is 0.432. The molecule has 0 radical (unpaired) electrons. The fourth-order valence-corrected chi connectivity index (χ4v) is 2.81. The van der Waals surface area contributed by atoms with E-state index in [0.717, 1.165) is 17.4 Å². The number of aromatic nitrogens is 2. The lowest BCUT2D eigenvalue weighted by Crippen LogP contribution is -2.34. The number of benzene rings is 2. The van der Waals surface area contributed by atoms with Crippen molar-refractivity contribution in [1.29, 1.82) is 0 Å². The molecule has 1 aromatic heterocycles. The molecule has 0 aliphatic carbocycles. The zero-order valence-electron chi connectivity index (χ0n) is 18.1. The Balaban J connectivity index is 1.60. The van der Waals surface area contributed by atoms with Gasteiger partial charge in [0.05, 0.1) is 0 Å². The van der Waals surface area contributed by atoms with Crippen molar-refractivity contribution in [2.45, 2.75) is 26.4 Å². The summed E-state index contributed by atoms with van der Waals surface area (Å²) in [5, 5.41) is 5.60. The maximum Gasteiger partial charge on any atom is 0.325 e. The number of aldehydes is 1. The molecule has 0 aliphatic rings. The lowest BCUT2D eigenvalue weighted by Gasteiger charge is -2.19. The smallest absolute Gasteiger partial charge is 0.325 e. The lowest BCUT2D eigenvalue weighted by atomic mass is 10.1. The highest BCUT2D eigenvalue weighted by molar-refractivity contribution is 5.96. The highest BCUT2D eigenvalue weighted by Gasteiger charge is 2.17. The number of carbonyl (C=O) groups excluding carboxylic acids is 3. The largest absolute Gasteiger partial charge is 0.459 e. The molecule has 0 bridgehead atoms. The first-order chi connectivity index (χ1) is 15.2. The van der Waals surface area contributed by atoms with Crippen molar-refractivity contribution in [1.82, 2.24) is 15.3 Å². The second kappa shape index (κ2) is 9.82. The molecule has 8 heteroatoms. The number of hydrogen-bond acceptors (Lipinski definition) is 7. The first-order valence-electron chi connectivity index (χ1n) is 9.98. The number of ether oxygens (including phenoxy) is 1. The van der Waals surface area contributed by atoms with Crippen LogP contribution in [-0.2, 0) is 9.53 Å². The Labute approximate surface area is 186 Å². The first kappa shape index (κ1) is 22.6. The Hall–Kier alpha value is -4.07. The molecule has 0 aliphatic heterocycles. The van der Waals surface area contributed by atoms with Gasteiger partial charge in [0, 0.05) is 34.8 Å². The van der Waals surface area contributed by atoms with Crippen LogP contribution in [-0.4, -0.2) is 40.3 Å². The maximum absolute atomic E-state index is 12.3. The fourth-order valence-electron chi connectivity index (χ4n) is 2.81. The van der Waals surface area contributed by atoms with Crippen LogP contribution < -0.4 is 10.6 Å². The van der Waals surface area contributed by atoms with Gasteiger partial charge in [0.25, 0.3) is 5.91 Å². The molecule has 0 atom stereocenters. The molecule has 3 rings (SSSR count). The van der Waals surface area contributed by atoms with Crippen LogP contribution >= 0.6 is 0 Å². The predicted octanol–water partition coefficient (Wildman–Crippen LogP) is 3.77. The van der Waals surface area contributed by atoms with Crippen LogP contribution in [0.1, 0.15) is 41.5 Å². The Bertz CT molecular complexity index is 1100. The molecule has 1 heterocycles. The predicted molar refractivity (Wildman–Crippen MR) is 121 cm³/mol. The second-order valence-corrected chi connectivity index (χ2v) is 8.01. The molecule has 32 heavy (non-hydrogen) atoms. The number of carbonyl (C=O) groups is 3. The normalized spacial score (nSPS) is 10.8. The van der Waals surface area contributed by atoms with Gasteiger partial charge >= 0.3 is 5.97 Å². The molecule has 164 valence electrons. The van der Waals surface area contributed by atoms with E-state index in [0.29, 0.717) is 22.8 Å². The van der Waals surface area contributed by atoms with Crippen LogP contribution in [0.4, 0.5) is 11.6 Å².